The fraction of sp³-hybridized carbons (Fsp3) is 0. The molecule has 0 atom stereocenters. The number of nitro benzene ring substituents is 1. The number of rotatable bonds is 3. The third-order valence-corrected chi connectivity index (χ3v) is 2.34. The van der Waals surface area contributed by atoms with E-state index in [1.165, 1.54) is 24.3 Å². The van der Waals surface area contributed by atoms with Crippen LogP contribution in [-0.4, -0.2) is 4.92 Å². The molecular weight excluding hydrogens is 228 g/mol. The van der Waals surface area contributed by atoms with E-state index in [1.807, 2.05) is 0 Å². The number of nitrogens with zero attached hydrogens (tertiary/aromatic N) is 2. The zero-order chi connectivity index (χ0) is 12.6. The van der Waals surface area contributed by atoms with Gasteiger partial charge in [0.1, 0.15) is 0 Å². The Bertz CT molecular complexity index is 680. The van der Waals surface area contributed by atoms with Gasteiger partial charge < -0.3 is 0 Å². The lowest BCUT2D eigenvalue weighted by Gasteiger charge is -2.03. The van der Waals surface area contributed by atoms with E-state index in [0.717, 1.165) is 0 Å². The Balaban J connectivity index is 2.52. The van der Waals surface area contributed by atoms with Crippen molar-refractivity contribution in [3.63, 3.8) is 0 Å². The van der Waals surface area contributed by atoms with Crippen molar-refractivity contribution in [1.82, 2.24) is 0 Å². The Kier molecular flexibility index (Phi) is 2.36. The van der Waals surface area contributed by atoms with Crippen LogP contribution in [0.4, 0.5) is 11.4 Å². The maximum absolute atomic E-state index is 11.2. The van der Waals surface area contributed by atoms with Gasteiger partial charge in [0.2, 0.25) is 5.43 Å². The summed E-state index contributed by atoms with van der Waals surface area (Å²) in [6, 6.07) is 4.95. The number of benzene rings is 1. The van der Waals surface area contributed by atoms with Gasteiger partial charge in [-0.25, -0.2) is 0 Å². The minimum absolute atomic E-state index is 0.0834. The third kappa shape index (κ3) is 1.53. The highest BCUT2D eigenvalue weighted by atomic mass is 16.6. The van der Waals surface area contributed by atoms with Crippen molar-refractivity contribution >= 4 is 11.4 Å². The van der Waals surface area contributed by atoms with Crippen LogP contribution in [0.15, 0.2) is 39.0 Å². The summed E-state index contributed by atoms with van der Waals surface area (Å²) < 4.78 is 0. The van der Waals surface area contributed by atoms with Crippen LogP contribution in [0, 0.1) is 15.0 Å². The molecule has 0 N–H and O–H groups in total. The summed E-state index contributed by atoms with van der Waals surface area (Å²) in [7, 11) is 0. The number of hydrogen-bond donors (Lipinski definition) is 0. The van der Waals surface area contributed by atoms with Crippen LogP contribution >= 0.6 is 0 Å². The van der Waals surface area contributed by atoms with Crippen molar-refractivity contribution in [3.05, 3.63) is 59.7 Å². The van der Waals surface area contributed by atoms with E-state index in [-0.39, 0.29) is 16.8 Å². The minimum Gasteiger partial charge on any atom is -0.285 e. The van der Waals surface area contributed by atoms with E-state index >= 15 is 0 Å². The monoisotopic (exact) mass is 232 g/mol. The summed E-state index contributed by atoms with van der Waals surface area (Å²) >= 11 is 0. The standard InChI is InChI=1S/C10H4N2O5/c13-9-7(8(11-15)10(9)14)5-1-3-6(4-2-5)12(16)17/h1-4H. The third-order valence-electron chi connectivity index (χ3n) is 2.34. The average molecular weight is 232 g/mol. The Morgan fingerprint density at radius 1 is 1.06 bits per heavy atom. The van der Waals surface area contributed by atoms with Crippen LogP contribution in [0.25, 0.3) is 11.1 Å². The fourth-order valence-electron chi connectivity index (χ4n) is 1.48. The molecule has 7 nitrogen and oxygen atoms in total. The molecule has 0 aliphatic rings. The molecule has 0 aliphatic carbocycles. The highest BCUT2D eigenvalue weighted by Gasteiger charge is 2.23. The van der Waals surface area contributed by atoms with Crippen molar-refractivity contribution < 1.29 is 4.92 Å². The van der Waals surface area contributed by atoms with Gasteiger partial charge in [-0.3, -0.25) is 19.7 Å². The first-order valence-corrected chi connectivity index (χ1v) is 4.47. The van der Waals surface area contributed by atoms with Gasteiger partial charge in [-0.2, -0.15) is 0 Å². The molecule has 84 valence electrons. The molecule has 2 aromatic carbocycles. The molecule has 0 saturated carbocycles. The Hall–Kier alpha value is -2.70. The fourth-order valence-corrected chi connectivity index (χ4v) is 1.48. The molecule has 17 heavy (non-hydrogen) atoms. The molecule has 0 fully saturated rings. The summed E-state index contributed by atoms with van der Waals surface area (Å²) in [5.41, 5.74) is -2.10. The van der Waals surface area contributed by atoms with Crippen LogP contribution in [0.3, 0.4) is 0 Å². The first-order valence-electron chi connectivity index (χ1n) is 4.47. The van der Waals surface area contributed by atoms with Crippen LogP contribution < -0.4 is 10.9 Å². The van der Waals surface area contributed by atoms with Crippen molar-refractivity contribution in [2.45, 2.75) is 0 Å². The van der Waals surface area contributed by atoms with E-state index in [1.54, 1.807) is 0 Å². The van der Waals surface area contributed by atoms with Crippen LogP contribution in [0.2, 0.25) is 0 Å². The maximum Gasteiger partial charge on any atom is 0.269 e. The van der Waals surface area contributed by atoms with E-state index in [9.17, 15) is 24.6 Å². The predicted molar refractivity (Wildman–Crippen MR) is 58.9 cm³/mol. The summed E-state index contributed by atoms with van der Waals surface area (Å²) in [4.78, 5) is 42.3. The number of nitroso groups, excluding NO2 is 1. The highest BCUT2D eigenvalue weighted by Crippen LogP contribution is 2.26. The van der Waals surface area contributed by atoms with Crippen molar-refractivity contribution in [2.75, 3.05) is 0 Å². The molecule has 0 spiro atoms. The molecule has 2 rings (SSSR count). The Labute approximate surface area is 93.1 Å². The molecular formula is C10H4N2O5. The van der Waals surface area contributed by atoms with E-state index < -0.39 is 21.5 Å². The molecule has 0 unspecified atom stereocenters. The van der Waals surface area contributed by atoms with Gasteiger partial charge in [-0.15, -0.1) is 4.91 Å². The van der Waals surface area contributed by atoms with E-state index in [2.05, 4.69) is 5.18 Å². The SMILES string of the molecule is O=Nc1c(-c2ccc([N+](=O)[O-])cc2)c(=O)c1=O. The lowest BCUT2D eigenvalue weighted by Crippen LogP contribution is -2.32. The zero-order valence-corrected chi connectivity index (χ0v) is 8.25. The maximum atomic E-state index is 11.2. The first-order chi connectivity index (χ1) is 8.06. The number of non-ortho nitro benzene ring substituents is 1. The molecule has 7 heteroatoms. The first kappa shape index (κ1) is 10.8. The second-order valence-corrected chi connectivity index (χ2v) is 3.28. The predicted octanol–water partition coefficient (Wildman–Crippen LogP) is 1.26. The van der Waals surface area contributed by atoms with E-state index in [4.69, 9.17) is 0 Å². The smallest absolute Gasteiger partial charge is 0.269 e. The van der Waals surface area contributed by atoms with E-state index in [0.29, 0.717) is 0 Å². The molecule has 0 heterocycles. The summed E-state index contributed by atoms with van der Waals surface area (Å²) in [6.45, 7) is 0. The molecule has 0 aromatic heterocycles. The zero-order valence-electron chi connectivity index (χ0n) is 8.25. The van der Waals surface area contributed by atoms with Gasteiger partial charge in [0, 0.05) is 12.1 Å². The van der Waals surface area contributed by atoms with Crippen molar-refractivity contribution in [3.8, 4) is 11.1 Å². The summed E-state index contributed by atoms with van der Waals surface area (Å²) in [5.74, 6) is 0. The molecule has 0 bridgehead atoms. The van der Waals surface area contributed by atoms with Gasteiger partial charge in [0.15, 0.2) is 5.69 Å². The van der Waals surface area contributed by atoms with Crippen molar-refractivity contribution in [1.29, 1.82) is 0 Å². The molecule has 0 amide bonds. The summed E-state index contributed by atoms with van der Waals surface area (Å²) in [5, 5.41) is 12.9. The number of nitro groups is 1. The summed E-state index contributed by atoms with van der Waals surface area (Å²) in [6.07, 6.45) is 0. The molecule has 0 saturated heterocycles. The van der Waals surface area contributed by atoms with Gasteiger partial charge in [-0.05, 0) is 22.9 Å². The van der Waals surface area contributed by atoms with Gasteiger partial charge in [-0.1, -0.05) is 0 Å². The lowest BCUT2D eigenvalue weighted by molar-refractivity contribution is -0.384. The quantitative estimate of drug-likeness (QED) is 0.342. The van der Waals surface area contributed by atoms with Gasteiger partial charge in [0.05, 0.1) is 10.5 Å². The second-order valence-electron chi connectivity index (χ2n) is 3.28. The number of hydrogen-bond acceptors (Lipinski definition) is 6. The normalized spacial score (nSPS) is 10.4. The van der Waals surface area contributed by atoms with Crippen LogP contribution in [0.5, 0.6) is 0 Å². The Morgan fingerprint density at radius 3 is 2.12 bits per heavy atom. The topological polar surface area (TPSA) is 107 Å². The molecule has 0 radical (unpaired) electrons. The van der Waals surface area contributed by atoms with Gasteiger partial charge >= 0.3 is 0 Å². The second kappa shape index (κ2) is 3.71. The average Bonchev–Trinajstić information content (AvgIpc) is 2.34. The molecule has 0 aliphatic heterocycles. The highest BCUT2D eigenvalue weighted by molar-refractivity contribution is 5.79. The molecule has 2 aromatic rings. The van der Waals surface area contributed by atoms with Gasteiger partial charge in [0.25, 0.3) is 11.1 Å². The van der Waals surface area contributed by atoms with Crippen LogP contribution in [0.1, 0.15) is 0 Å². The lowest BCUT2D eigenvalue weighted by atomic mass is 9.99. The Morgan fingerprint density at radius 2 is 1.65 bits per heavy atom. The van der Waals surface area contributed by atoms with Crippen LogP contribution in [-0.2, 0) is 0 Å². The van der Waals surface area contributed by atoms with Crippen molar-refractivity contribution in [2.24, 2.45) is 5.18 Å². The largest absolute Gasteiger partial charge is 0.285 e. The minimum atomic E-state index is -0.923.